The summed E-state index contributed by atoms with van der Waals surface area (Å²) in [6, 6.07) is 14.9. The Morgan fingerprint density at radius 1 is 1.11 bits per heavy atom. The third kappa shape index (κ3) is 3.35. The summed E-state index contributed by atoms with van der Waals surface area (Å²) in [4.78, 5) is 12.1. The molecule has 4 heteroatoms. The highest BCUT2D eigenvalue weighted by Crippen LogP contribution is 2.27. The molecule has 0 aromatic heterocycles. The van der Waals surface area contributed by atoms with Crippen LogP contribution >= 0.6 is 15.9 Å². The zero-order chi connectivity index (χ0) is 13.7. The van der Waals surface area contributed by atoms with Gasteiger partial charge in [-0.3, -0.25) is 0 Å². The number of halogens is 1. The molecule has 98 valence electrons. The molecule has 2 aromatic carbocycles. The molecule has 0 radical (unpaired) electrons. The Balaban J connectivity index is 2.12. The van der Waals surface area contributed by atoms with E-state index in [-0.39, 0.29) is 6.61 Å². The predicted molar refractivity (Wildman–Crippen MR) is 76.3 cm³/mol. The summed E-state index contributed by atoms with van der Waals surface area (Å²) in [5.41, 5.74) is 1.35. The van der Waals surface area contributed by atoms with Gasteiger partial charge >= 0.3 is 5.97 Å². The second kappa shape index (κ2) is 6.38. The molecule has 0 bridgehead atoms. The molecule has 0 N–H and O–H groups in total. The van der Waals surface area contributed by atoms with Gasteiger partial charge < -0.3 is 9.47 Å². The zero-order valence-electron chi connectivity index (χ0n) is 10.4. The van der Waals surface area contributed by atoms with Crippen molar-refractivity contribution in [2.75, 3.05) is 7.11 Å². The van der Waals surface area contributed by atoms with Gasteiger partial charge in [0.1, 0.15) is 17.9 Å². The Morgan fingerprint density at radius 3 is 2.53 bits per heavy atom. The maximum atomic E-state index is 12.1. The van der Waals surface area contributed by atoms with E-state index in [0.29, 0.717) is 15.8 Å². The summed E-state index contributed by atoms with van der Waals surface area (Å²) >= 11 is 3.33. The number of benzene rings is 2. The topological polar surface area (TPSA) is 35.5 Å². The van der Waals surface area contributed by atoms with Crippen LogP contribution in [-0.4, -0.2) is 13.1 Å². The second-order valence-corrected chi connectivity index (χ2v) is 4.73. The molecule has 0 aliphatic heterocycles. The van der Waals surface area contributed by atoms with Crippen LogP contribution in [0.4, 0.5) is 0 Å². The van der Waals surface area contributed by atoms with Crippen LogP contribution in [0.2, 0.25) is 0 Å². The number of rotatable bonds is 4. The standard InChI is InChI=1S/C15H13BrO3/c1-18-13-9-5-8-12(16)14(13)15(17)19-10-11-6-3-2-4-7-11/h2-9H,10H2,1H3. The first kappa shape index (κ1) is 13.6. The first-order valence-electron chi connectivity index (χ1n) is 5.76. The van der Waals surface area contributed by atoms with Gasteiger partial charge in [-0.2, -0.15) is 0 Å². The van der Waals surface area contributed by atoms with Crippen LogP contribution in [0.25, 0.3) is 0 Å². The molecule has 2 aromatic rings. The van der Waals surface area contributed by atoms with Crippen LogP contribution in [0.5, 0.6) is 5.75 Å². The zero-order valence-corrected chi connectivity index (χ0v) is 12.0. The number of ether oxygens (including phenoxy) is 2. The van der Waals surface area contributed by atoms with Crippen molar-refractivity contribution in [1.82, 2.24) is 0 Å². The van der Waals surface area contributed by atoms with Gasteiger partial charge in [-0.05, 0) is 33.6 Å². The molecule has 0 aliphatic carbocycles. The van der Waals surface area contributed by atoms with Crippen LogP contribution in [0.15, 0.2) is 53.0 Å². The monoisotopic (exact) mass is 320 g/mol. The van der Waals surface area contributed by atoms with Gasteiger partial charge in [0.15, 0.2) is 0 Å². The third-order valence-electron chi connectivity index (χ3n) is 2.61. The van der Waals surface area contributed by atoms with Crippen molar-refractivity contribution >= 4 is 21.9 Å². The maximum Gasteiger partial charge on any atom is 0.343 e. The van der Waals surface area contributed by atoms with Crippen molar-refractivity contribution in [3.05, 3.63) is 64.1 Å². The smallest absolute Gasteiger partial charge is 0.343 e. The lowest BCUT2D eigenvalue weighted by atomic mass is 10.2. The fourth-order valence-corrected chi connectivity index (χ4v) is 2.18. The summed E-state index contributed by atoms with van der Waals surface area (Å²) in [5.74, 6) is 0.0839. The maximum absolute atomic E-state index is 12.1. The normalized spacial score (nSPS) is 10.0. The van der Waals surface area contributed by atoms with E-state index in [1.165, 1.54) is 7.11 Å². The number of methoxy groups -OCH3 is 1. The van der Waals surface area contributed by atoms with Crippen molar-refractivity contribution < 1.29 is 14.3 Å². The second-order valence-electron chi connectivity index (χ2n) is 3.88. The minimum Gasteiger partial charge on any atom is -0.496 e. The van der Waals surface area contributed by atoms with Crippen molar-refractivity contribution in [2.45, 2.75) is 6.61 Å². The Hall–Kier alpha value is -1.81. The summed E-state index contributed by atoms with van der Waals surface area (Å²) in [6.45, 7) is 0.240. The molecule has 2 rings (SSSR count). The molecule has 0 saturated carbocycles. The summed E-state index contributed by atoms with van der Waals surface area (Å²) in [6.07, 6.45) is 0. The lowest BCUT2D eigenvalue weighted by Crippen LogP contribution is -2.08. The van der Waals surface area contributed by atoms with Gasteiger partial charge in [-0.15, -0.1) is 0 Å². The molecular weight excluding hydrogens is 308 g/mol. The highest BCUT2D eigenvalue weighted by atomic mass is 79.9. The van der Waals surface area contributed by atoms with Crippen LogP contribution in [0.1, 0.15) is 15.9 Å². The van der Waals surface area contributed by atoms with E-state index < -0.39 is 5.97 Å². The van der Waals surface area contributed by atoms with E-state index in [9.17, 15) is 4.79 Å². The number of esters is 1. The molecule has 19 heavy (non-hydrogen) atoms. The number of hydrogen-bond acceptors (Lipinski definition) is 3. The Kier molecular flexibility index (Phi) is 4.58. The lowest BCUT2D eigenvalue weighted by Gasteiger charge is -2.10. The quantitative estimate of drug-likeness (QED) is 0.803. The van der Waals surface area contributed by atoms with Gasteiger partial charge in [0.2, 0.25) is 0 Å². The Labute approximate surface area is 120 Å². The third-order valence-corrected chi connectivity index (χ3v) is 3.27. The molecule has 0 aliphatic rings. The van der Waals surface area contributed by atoms with Crippen LogP contribution < -0.4 is 4.74 Å². The van der Waals surface area contributed by atoms with Gasteiger partial charge in [-0.25, -0.2) is 4.79 Å². The largest absolute Gasteiger partial charge is 0.496 e. The van der Waals surface area contributed by atoms with Crippen molar-refractivity contribution in [1.29, 1.82) is 0 Å². The number of hydrogen-bond donors (Lipinski definition) is 0. The molecule has 0 heterocycles. The van der Waals surface area contributed by atoms with Gasteiger partial charge in [0.05, 0.1) is 7.11 Å². The summed E-state index contributed by atoms with van der Waals surface area (Å²) in [7, 11) is 1.52. The van der Waals surface area contributed by atoms with Gasteiger partial charge in [-0.1, -0.05) is 36.4 Å². The fraction of sp³-hybridized carbons (Fsp3) is 0.133. The molecular formula is C15H13BrO3. The van der Waals surface area contributed by atoms with E-state index >= 15 is 0 Å². The Bertz CT molecular complexity index is 567. The molecule has 0 amide bonds. The van der Waals surface area contributed by atoms with Crippen LogP contribution in [0, 0.1) is 0 Å². The summed E-state index contributed by atoms with van der Waals surface area (Å²) in [5, 5.41) is 0. The SMILES string of the molecule is COc1cccc(Br)c1C(=O)OCc1ccccc1. The molecule has 0 saturated heterocycles. The van der Waals surface area contributed by atoms with E-state index in [1.54, 1.807) is 18.2 Å². The minimum absolute atomic E-state index is 0.240. The molecule has 3 nitrogen and oxygen atoms in total. The highest BCUT2D eigenvalue weighted by molar-refractivity contribution is 9.10. The molecule has 0 atom stereocenters. The number of carbonyl (C=O) groups is 1. The predicted octanol–water partition coefficient (Wildman–Crippen LogP) is 3.81. The molecule has 0 unspecified atom stereocenters. The first-order valence-corrected chi connectivity index (χ1v) is 6.55. The Morgan fingerprint density at radius 2 is 1.84 bits per heavy atom. The van der Waals surface area contributed by atoms with Crippen molar-refractivity contribution in [2.24, 2.45) is 0 Å². The van der Waals surface area contributed by atoms with Crippen LogP contribution in [-0.2, 0) is 11.3 Å². The summed E-state index contributed by atoms with van der Waals surface area (Å²) < 4.78 is 11.1. The number of carbonyl (C=O) groups excluding carboxylic acids is 1. The van der Waals surface area contributed by atoms with Crippen molar-refractivity contribution in [3.8, 4) is 5.75 Å². The van der Waals surface area contributed by atoms with Gasteiger partial charge in [0, 0.05) is 4.47 Å². The lowest BCUT2D eigenvalue weighted by molar-refractivity contribution is 0.0468. The fourth-order valence-electron chi connectivity index (χ4n) is 1.67. The minimum atomic E-state index is -0.409. The van der Waals surface area contributed by atoms with E-state index in [1.807, 2.05) is 30.3 Å². The van der Waals surface area contributed by atoms with Crippen LogP contribution in [0.3, 0.4) is 0 Å². The van der Waals surface area contributed by atoms with E-state index in [2.05, 4.69) is 15.9 Å². The highest BCUT2D eigenvalue weighted by Gasteiger charge is 2.17. The average molecular weight is 321 g/mol. The van der Waals surface area contributed by atoms with Gasteiger partial charge in [0.25, 0.3) is 0 Å². The molecule has 0 fully saturated rings. The van der Waals surface area contributed by atoms with E-state index in [0.717, 1.165) is 5.56 Å². The van der Waals surface area contributed by atoms with Crippen molar-refractivity contribution in [3.63, 3.8) is 0 Å². The van der Waals surface area contributed by atoms with E-state index in [4.69, 9.17) is 9.47 Å². The first-order chi connectivity index (χ1) is 9.22. The molecule has 0 spiro atoms. The average Bonchev–Trinajstić information content (AvgIpc) is 2.45.